The van der Waals surface area contributed by atoms with Crippen LogP contribution in [0, 0.1) is 5.92 Å². The Morgan fingerprint density at radius 3 is 1.85 bits per heavy atom. The highest BCUT2D eigenvalue weighted by Gasteiger charge is 2.30. The minimum atomic E-state index is -0.861. The monoisotopic (exact) mass is 657 g/mol. The Balaban J connectivity index is 1.77. The Kier molecular flexibility index (Phi) is 13.8. The summed E-state index contributed by atoms with van der Waals surface area (Å²) in [6, 6.07) is 22.6. The summed E-state index contributed by atoms with van der Waals surface area (Å²) < 4.78 is 10.4. The van der Waals surface area contributed by atoms with Crippen LogP contribution in [0.15, 0.2) is 72.8 Å². The van der Waals surface area contributed by atoms with Gasteiger partial charge in [0.05, 0.1) is 6.61 Å². The van der Waals surface area contributed by atoms with Gasteiger partial charge in [-0.2, -0.15) is 0 Å². The summed E-state index contributed by atoms with van der Waals surface area (Å²) in [4.78, 5) is 52.5. The van der Waals surface area contributed by atoms with Gasteiger partial charge in [0.15, 0.2) is 0 Å². The number of carbonyl (C=O) groups excluding carboxylic acids is 4. The largest absolute Gasteiger partial charge is 0.466 e. The molecule has 0 bridgehead atoms. The first-order valence-electron chi connectivity index (χ1n) is 16.6. The van der Waals surface area contributed by atoms with E-state index >= 15 is 0 Å². The standard InChI is InChI=1S/C39H51N3O6/c1-9-47-35(43)21-16-27-12-10-14-31(23-27)29-17-19-30(20-18-29)32-15-11-13-28(24-32)25-34(37(45)42(7)8)40-36(44)33(22-26(2)3)41-38(46)48-39(4,5)6/h10-15,17-20,23-24,26,33-34H,9,16,21-22,25H2,1-8H3,(H,40,44)(H,41,46)/t33-,34+/m0/s1. The maximum absolute atomic E-state index is 13.5. The van der Waals surface area contributed by atoms with Crippen LogP contribution in [0.4, 0.5) is 4.79 Å². The summed E-state index contributed by atoms with van der Waals surface area (Å²) in [5.41, 5.74) is 5.35. The molecule has 0 radical (unpaired) electrons. The number of carbonyl (C=O) groups is 4. The number of amides is 3. The van der Waals surface area contributed by atoms with Gasteiger partial charge in [-0.05, 0) is 79.8 Å². The van der Waals surface area contributed by atoms with Gasteiger partial charge in [-0.3, -0.25) is 14.4 Å². The molecule has 0 saturated heterocycles. The number of nitrogens with zero attached hydrogens (tertiary/aromatic N) is 1. The van der Waals surface area contributed by atoms with Gasteiger partial charge in [-0.25, -0.2) is 4.79 Å². The molecule has 3 aromatic carbocycles. The summed E-state index contributed by atoms with van der Waals surface area (Å²) in [7, 11) is 3.31. The molecule has 0 aliphatic carbocycles. The number of hydrogen-bond acceptors (Lipinski definition) is 6. The van der Waals surface area contributed by atoms with Crippen molar-refractivity contribution in [2.45, 2.75) is 84.9 Å². The van der Waals surface area contributed by atoms with E-state index in [1.54, 1.807) is 41.8 Å². The molecule has 0 aliphatic rings. The van der Waals surface area contributed by atoms with E-state index in [2.05, 4.69) is 47.0 Å². The van der Waals surface area contributed by atoms with Crippen LogP contribution in [0.5, 0.6) is 0 Å². The van der Waals surface area contributed by atoms with Crippen molar-refractivity contribution in [3.8, 4) is 22.3 Å². The van der Waals surface area contributed by atoms with Crippen LogP contribution in [0.25, 0.3) is 22.3 Å². The average molecular weight is 658 g/mol. The molecule has 0 aliphatic heterocycles. The number of nitrogens with one attached hydrogen (secondary N) is 2. The Labute approximate surface area is 285 Å². The molecule has 2 N–H and O–H groups in total. The van der Waals surface area contributed by atoms with Gasteiger partial charge in [-0.15, -0.1) is 0 Å². The van der Waals surface area contributed by atoms with E-state index in [0.29, 0.717) is 25.9 Å². The van der Waals surface area contributed by atoms with Crippen LogP contribution in [0.2, 0.25) is 0 Å². The van der Waals surface area contributed by atoms with Crippen LogP contribution in [0.1, 0.15) is 65.5 Å². The van der Waals surface area contributed by atoms with E-state index in [9.17, 15) is 19.2 Å². The second-order valence-corrected chi connectivity index (χ2v) is 13.6. The van der Waals surface area contributed by atoms with Gasteiger partial charge in [0, 0.05) is 26.9 Å². The molecule has 9 heteroatoms. The lowest BCUT2D eigenvalue weighted by atomic mass is 9.96. The summed E-state index contributed by atoms with van der Waals surface area (Å²) in [6.07, 6.45) is 0.942. The maximum Gasteiger partial charge on any atom is 0.408 e. The zero-order valence-electron chi connectivity index (χ0n) is 29.6. The van der Waals surface area contributed by atoms with Crippen molar-refractivity contribution in [1.29, 1.82) is 0 Å². The molecule has 48 heavy (non-hydrogen) atoms. The van der Waals surface area contributed by atoms with Crippen molar-refractivity contribution in [1.82, 2.24) is 15.5 Å². The number of benzene rings is 3. The predicted molar refractivity (Wildman–Crippen MR) is 189 cm³/mol. The second-order valence-electron chi connectivity index (χ2n) is 13.6. The van der Waals surface area contributed by atoms with Gasteiger partial charge in [-0.1, -0.05) is 86.6 Å². The summed E-state index contributed by atoms with van der Waals surface area (Å²) >= 11 is 0. The smallest absolute Gasteiger partial charge is 0.408 e. The van der Waals surface area contributed by atoms with Gasteiger partial charge in [0.2, 0.25) is 11.8 Å². The SMILES string of the molecule is CCOC(=O)CCc1cccc(-c2ccc(-c3cccc(C[C@@H](NC(=O)[C@H](CC(C)C)NC(=O)OC(C)(C)C)C(=O)N(C)C)c3)cc2)c1. The third-order valence-corrected chi connectivity index (χ3v) is 7.54. The predicted octanol–water partition coefficient (Wildman–Crippen LogP) is 6.57. The summed E-state index contributed by atoms with van der Waals surface area (Å²) in [5.74, 6) is -0.767. The fourth-order valence-electron chi connectivity index (χ4n) is 5.29. The number of ether oxygens (including phenoxy) is 2. The first kappa shape index (κ1) is 37.8. The molecule has 258 valence electrons. The van der Waals surface area contributed by atoms with E-state index < -0.39 is 29.7 Å². The fraction of sp³-hybridized carbons (Fsp3) is 0.436. The molecule has 3 rings (SSSR count). The molecule has 0 spiro atoms. The first-order valence-corrected chi connectivity index (χ1v) is 16.6. The van der Waals surface area contributed by atoms with Crippen molar-refractivity contribution < 1.29 is 28.7 Å². The van der Waals surface area contributed by atoms with Gasteiger partial charge < -0.3 is 25.0 Å². The molecular weight excluding hydrogens is 606 g/mol. The van der Waals surface area contributed by atoms with Crippen LogP contribution < -0.4 is 10.6 Å². The minimum Gasteiger partial charge on any atom is -0.466 e. The lowest BCUT2D eigenvalue weighted by Crippen LogP contribution is -2.55. The first-order chi connectivity index (χ1) is 22.6. The van der Waals surface area contributed by atoms with Crippen molar-refractivity contribution in [3.05, 3.63) is 83.9 Å². The Bertz CT molecular complexity index is 1540. The zero-order chi connectivity index (χ0) is 35.4. The molecule has 3 amide bonds. The van der Waals surface area contributed by atoms with E-state index in [0.717, 1.165) is 33.4 Å². The fourth-order valence-corrected chi connectivity index (χ4v) is 5.29. The van der Waals surface area contributed by atoms with Gasteiger partial charge in [0.1, 0.15) is 17.7 Å². The Morgan fingerprint density at radius 1 is 0.771 bits per heavy atom. The minimum absolute atomic E-state index is 0.113. The molecule has 9 nitrogen and oxygen atoms in total. The summed E-state index contributed by atoms with van der Waals surface area (Å²) in [6.45, 7) is 11.4. The molecule has 0 fully saturated rings. The lowest BCUT2D eigenvalue weighted by molar-refractivity contribution is -0.143. The summed E-state index contributed by atoms with van der Waals surface area (Å²) in [5, 5.41) is 5.60. The maximum atomic E-state index is 13.5. The number of aryl methyl sites for hydroxylation is 1. The average Bonchev–Trinajstić information content (AvgIpc) is 3.02. The molecule has 3 aromatic rings. The van der Waals surface area contributed by atoms with Crippen LogP contribution in [-0.4, -0.2) is 67.2 Å². The number of alkyl carbamates (subject to hydrolysis) is 1. The number of rotatable bonds is 14. The zero-order valence-corrected chi connectivity index (χ0v) is 29.6. The van der Waals surface area contributed by atoms with E-state index in [1.165, 1.54) is 4.90 Å². The molecule has 2 atom stereocenters. The van der Waals surface area contributed by atoms with E-state index in [1.807, 2.05) is 50.2 Å². The van der Waals surface area contributed by atoms with Gasteiger partial charge in [0.25, 0.3) is 0 Å². The van der Waals surface area contributed by atoms with Crippen molar-refractivity contribution in [2.75, 3.05) is 20.7 Å². The Morgan fingerprint density at radius 2 is 1.33 bits per heavy atom. The highest BCUT2D eigenvalue weighted by molar-refractivity contribution is 5.91. The number of likely N-dealkylation sites (N-methyl/N-ethyl adjacent to an activating group) is 1. The van der Waals surface area contributed by atoms with Crippen LogP contribution >= 0.6 is 0 Å². The number of hydrogen-bond donors (Lipinski definition) is 2. The van der Waals surface area contributed by atoms with Crippen molar-refractivity contribution >= 4 is 23.9 Å². The molecule has 0 saturated carbocycles. The van der Waals surface area contributed by atoms with E-state index in [4.69, 9.17) is 9.47 Å². The number of esters is 1. The molecule has 0 heterocycles. The Hall–Kier alpha value is -4.66. The highest BCUT2D eigenvalue weighted by atomic mass is 16.6. The molecule has 0 aromatic heterocycles. The topological polar surface area (TPSA) is 114 Å². The van der Waals surface area contributed by atoms with Crippen molar-refractivity contribution in [3.63, 3.8) is 0 Å². The second kappa shape index (κ2) is 17.5. The molecular formula is C39H51N3O6. The van der Waals surface area contributed by atoms with Crippen LogP contribution in [-0.2, 0) is 36.7 Å². The van der Waals surface area contributed by atoms with Crippen molar-refractivity contribution in [2.24, 2.45) is 5.92 Å². The molecule has 0 unspecified atom stereocenters. The quantitative estimate of drug-likeness (QED) is 0.190. The third-order valence-electron chi connectivity index (χ3n) is 7.54. The third kappa shape index (κ3) is 12.2. The highest BCUT2D eigenvalue weighted by Crippen LogP contribution is 2.27. The normalized spacial score (nSPS) is 12.5. The lowest BCUT2D eigenvalue weighted by Gasteiger charge is -2.27. The van der Waals surface area contributed by atoms with Crippen LogP contribution in [0.3, 0.4) is 0 Å². The van der Waals surface area contributed by atoms with E-state index in [-0.39, 0.29) is 24.2 Å². The van der Waals surface area contributed by atoms with Gasteiger partial charge >= 0.3 is 12.1 Å².